The van der Waals surface area contributed by atoms with Crippen LogP contribution in [-0.2, 0) is 17.4 Å². The molecule has 0 unspecified atom stereocenters. The normalized spacial score (nSPS) is 12.5. The van der Waals surface area contributed by atoms with Crippen molar-refractivity contribution >= 4 is 33.1 Å². The van der Waals surface area contributed by atoms with Crippen LogP contribution in [0, 0.1) is 0 Å². The molecular formula is C33H25F3N4O. The van der Waals surface area contributed by atoms with Crippen molar-refractivity contribution in [3.63, 3.8) is 0 Å². The number of alkyl halides is 3. The number of carbonyl (C=O) groups is 1. The lowest BCUT2D eigenvalue weighted by Gasteiger charge is -2.14. The molecule has 1 amide bonds. The summed E-state index contributed by atoms with van der Waals surface area (Å²) in [6.45, 7) is 0. The van der Waals surface area contributed by atoms with Gasteiger partial charge in [0.05, 0.1) is 6.04 Å². The van der Waals surface area contributed by atoms with Crippen molar-refractivity contribution in [2.45, 2.75) is 18.6 Å². The van der Waals surface area contributed by atoms with Crippen molar-refractivity contribution in [1.29, 1.82) is 0 Å². The number of anilines is 1. The van der Waals surface area contributed by atoms with Crippen LogP contribution < -0.4 is 11.1 Å². The van der Waals surface area contributed by atoms with Crippen LogP contribution in [0.2, 0.25) is 0 Å². The summed E-state index contributed by atoms with van der Waals surface area (Å²) in [5.41, 5.74) is 7.54. The summed E-state index contributed by atoms with van der Waals surface area (Å²) >= 11 is 0. The van der Waals surface area contributed by atoms with Gasteiger partial charge in [0.2, 0.25) is 5.91 Å². The van der Waals surface area contributed by atoms with Crippen molar-refractivity contribution in [2.75, 3.05) is 5.32 Å². The van der Waals surface area contributed by atoms with Crippen LogP contribution in [0.15, 0.2) is 115 Å². The van der Waals surface area contributed by atoms with E-state index in [-0.39, 0.29) is 11.7 Å². The Morgan fingerprint density at radius 3 is 2.27 bits per heavy atom. The molecule has 8 heteroatoms. The van der Waals surface area contributed by atoms with Gasteiger partial charge in [-0.2, -0.15) is 13.2 Å². The van der Waals surface area contributed by atoms with Gasteiger partial charge in [-0.25, -0.2) is 4.98 Å². The van der Waals surface area contributed by atoms with Crippen molar-refractivity contribution in [1.82, 2.24) is 9.55 Å². The zero-order chi connectivity index (χ0) is 28.6. The van der Waals surface area contributed by atoms with Gasteiger partial charge < -0.3 is 11.1 Å². The van der Waals surface area contributed by atoms with Gasteiger partial charge in [0.25, 0.3) is 0 Å². The minimum Gasteiger partial charge on any atom is -0.325 e. The van der Waals surface area contributed by atoms with E-state index in [9.17, 15) is 18.0 Å². The number of benzene rings is 5. The standard InChI is InChI=1S/C33H25F3N4O/c34-33(35,36)30-20-40(26-15-13-25(14-16-26)38-32(41)29(37)18-21-6-2-1-3-7-21)31(39-30)24-12-17-28-23(19-24)11-10-22-8-4-5-9-27(22)28/h1-17,19-20,29H,18,37H2,(H,38,41)/t29-/m0/s1. The van der Waals surface area contributed by atoms with Crippen LogP contribution in [0.1, 0.15) is 11.3 Å². The molecule has 0 saturated carbocycles. The number of nitrogens with one attached hydrogen (secondary N) is 1. The minimum absolute atomic E-state index is 0.161. The van der Waals surface area contributed by atoms with Crippen molar-refractivity contribution in [3.05, 3.63) is 127 Å². The van der Waals surface area contributed by atoms with Gasteiger partial charge in [-0.05, 0) is 63.9 Å². The Kier molecular flexibility index (Phi) is 6.77. The van der Waals surface area contributed by atoms with E-state index in [1.807, 2.05) is 78.9 Å². The largest absolute Gasteiger partial charge is 0.434 e. The average Bonchev–Trinajstić information content (AvgIpc) is 3.44. The molecule has 5 aromatic carbocycles. The average molecular weight is 551 g/mol. The second-order valence-electron chi connectivity index (χ2n) is 9.87. The smallest absolute Gasteiger partial charge is 0.325 e. The minimum atomic E-state index is -4.62. The molecule has 0 bridgehead atoms. The predicted octanol–water partition coefficient (Wildman–Crippen LogP) is 7.37. The number of fused-ring (bicyclic) bond motifs is 3. The molecule has 1 heterocycles. The molecule has 0 fully saturated rings. The molecule has 1 aromatic heterocycles. The third kappa shape index (κ3) is 5.42. The Bertz CT molecular complexity index is 1860. The monoisotopic (exact) mass is 550 g/mol. The van der Waals surface area contributed by atoms with Crippen molar-refractivity contribution in [2.24, 2.45) is 5.73 Å². The van der Waals surface area contributed by atoms with E-state index in [1.54, 1.807) is 30.3 Å². The fraction of sp³-hybridized carbons (Fsp3) is 0.0909. The third-order valence-electron chi connectivity index (χ3n) is 7.05. The summed E-state index contributed by atoms with van der Waals surface area (Å²) in [5, 5.41) is 6.84. The molecule has 0 saturated heterocycles. The first-order valence-corrected chi connectivity index (χ1v) is 13.1. The highest BCUT2D eigenvalue weighted by atomic mass is 19.4. The Hall–Kier alpha value is -4.95. The molecule has 6 aromatic rings. The zero-order valence-corrected chi connectivity index (χ0v) is 21.8. The van der Waals surface area contributed by atoms with Crippen LogP contribution in [0.5, 0.6) is 0 Å². The number of carbonyl (C=O) groups excluding carboxylic acids is 1. The lowest BCUT2D eigenvalue weighted by atomic mass is 10.00. The van der Waals surface area contributed by atoms with Gasteiger partial charge in [-0.15, -0.1) is 0 Å². The van der Waals surface area contributed by atoms with Gasteiger partial charge in [0, 0.05) is 23.1 Å². The number of aromatic nitrogens is 2. The van der Waals surface area contributed by atoms with Gasteiger partial charge in [-0.1, -0.05) is 78.9 Å². The summed E-state index contributed by atoms with van der Waals surface area (Å²) in [7, 11) is 0. The Morgan fingerprint density at radius 1 is 0.829 bits per heavy atom. The molecule has 0 spiro atoms. The molecule has 204 valence electrons. The van der Waals surface area contributed by atoms with Gasteiger partial charge in [-0.3, -0.25) is 9.36 Å². The molecule has 1 atom stereocenters. The maximum Gasteiger partial charge on any atom is 0.434 e. The number of hydrogen-bond donors (Lipinski definition) is 2. The molecule has 0 aliphatic rings. The van der Waals surface area contributed by atoms with Crippen LogP contribution in [-0.4, -0.2) is 21.5 Å². The Labute approximate surface area is 234 Å². The summed E-state index contributed by atoms with van der Waals surface area (Å²) in [4.78, 5) is 16.6. The molecule has 0 aliphatic carbocycles. The zero-order valence-electron chi connectivity index (χ0n) is 21.8. The lowest BCUT2D eigenvalue weighted by Crippen LogP contribution is -2.37. The second kappa shape index (κ2) is 10.6. The first kappa shape index (κ1) is 26.3. The number of amides is 1. The number of nitrogens with two attached hydrogens (primary N) is 1. The molecule has 41 heavy (non-hydrogen) atoms. The van der Waals surface area contributed by atoms with Crippen LogP contribution >= 0.6 is 0 Å². The number of imidazole rings is 1. The van der Waals surface area contributed by atoms with Gasteiger partial charge >= 0.3 is 6.18 Å². The van der Waals surface area contributed by atoms with Crippen LogP contribution in [0.3, 0.4) is 0 Å². The van der Waals surface area contributed by atoms with E-state index < -0.39 is 17.9 Å². The van der Waals surface area contributed by atoms with Gasteiger partial charge in [0.15, 0.2) is 5.69 Å². The fourth-order valence-electron chi connectivity index (χ4n) is 4.97. The highest BCUT2D eigenvalue weighted by molar-refractivity contribution is 6.08. The highest BCUT2D eigenvalue weighted by Gasteiger charge is 2.35. The summed E-state index contributed by atoms with van der Waals surface area (Å²) in [5.74, 6) is -0.193. The lowest BCUT2D eigenvalue weighted by molar-refractivity contribution is -0.140. The van der Waals surface area contributed by atoms with E-state index in [4.69, 9.17) is 5.73 Å². The maximum absolute atomic E-state index is 13.7. The van der Waals surface area contributed by atoms with E-state index >= 15 is 0 Å². The highest BCUT2D eigenvalue weighted by Crippen LogP contribution is 2.35. The first-order chi connectivity index (χ1) is 19.8. The molecule has 0 aliphatic heterocycles. The Morgan fingerprint density at radius 2 is 1.51 bits per heavy atom. The molecule has 6 rings (SSSR count). The quantitative estimate of drug-likeness (QED) is 0.213. The summed E-state index contributed by atoms with van der Waals surface area (Å²) < 4.78 is 42.6. The van der Waals surface area contributed by atoms with Crippen LogP contribution in [0.4, 0.5) is 18.9 Å². The van der Waals surface area contributed by atoms with Crippen molar-refractivity contribution < 1.29 is 18.0 Å². The van der Waals surface area contributed by atoms with Gasteiger partial charge in [0.1, 0.15) is 5.82 Å². The van der Waals surface area contributed by atoms with E-state index in [1.165, 1.54) is 4.57 Å². The van der Waals surface area contributed by atoms with Crippen LogP contribution in [0.25, 0.3) is 38.6 Å². The number of rotatable bonds is 6. The summed E-state index contributed by atoms with van der Waals surface area (Å²) in [6.07, 6.45) is -3.25. The Balaban J connectivity index is 1.30. The first-order valence-electron chi connectivity index (χ1n) is 13.1. The molecule has 0 radical (unpaired) electrons. The van der Waals surface area contributed by atoms with E-state index in [0.717, 1.165) is 33.3 Å². The molecular weight excluding hydrogens is 525 g/mol. The predicted molar refractivity (Wildman–Crippen MR) is 156 cm³/mol. The van der Waals surface area contributed by atoms with Crippen molar-refractivity contribution in [3.8, 4) is 17.1 Å². The molecule has 5 nitrogen and oxygen atoms in total. The maximum atomic E-state index is 13.7. The fourth-order valence-corrected chi connectivity index (χ4v) is 4.97. The number of hydrogen-bond acceptors (Lipinski definition) is 3. The molecule has 3 N–H and O–H groups in total. The van der Waals surface area contributed by atoms with E-state index in [2.05, 4.69) is 10.3 Å². The topological polar surface area (TPSA) is 72.9 Å². The number of halogens is 3. The SMILES string of the molecule is N[C@@H](Cc1ccccc1)C(=O)Nc1ccc(-n2cc(C(F)(F)F)nc2-c2ccc3c(ccc4ccccc43)c2)cc1. The third-order valence-corrected chi connectivity index (χ3v) is 7.05. The second-order valence-corrected chi connectivity index (χ2v) is 9.87. The number of nitrogens with zero attached hydrogens (tertiary/aromatic N) is 2. The van der Waals surface area contributed by atoms with E-state index in [0.29, 0.717) is 23.4 Å². The summed E-state index contributed by atoms with van der Waals surface area (Å²) in [6, 6.07) is 32.7.